The molecule has 0 unspecified atom stereocenters. The molecule has 0 saturated carbocycles. The van der Waals surface area contributed by atoms with Crippen LogP contribution in [0.15, 0.2) is 35.5 Å². The van der Waals surface area contributed by atoms with Crippen molar-refractivity contribution in [1.82, 2.24) is 14.3 Å². The van der Waals surface area contributed by atoms with E-state index in [-0.39, 0.29) is 11.9 Å². The van der Waals surface area contributed by atoms with Crippen LogP contribution in [-0.4, -0.2) is 33.5 Å². The van der Waals surface area contributed by atoms with E-state index in [1.807, 2.05) is 43.5 Å². The summed E-state index contributed by atoms with van der Waals surface area (Å²) in [5, 5.41) is 4.96. The number of benzene rings is 1. The molecule has 3 rings (SSSR count). The lowest BCUT2D eigenvalue weighted by molar-refractivity contribution is 0.0991. The van der Waals surface area contributed by atoms with Gasteiger partial charge in [-0.3, -0.25) is 9.48 Å². The van der Waals surface area contributed by atoms with E-state index in [1.54, 1.807) is 16.9 Å². The Morgan fingerprint density at radius 2 is 2.19 bits per heavy atom. The summed E-state index contributed by atoms with van der Waals surface area (Å²) in [5.41, 5.74) is 1.32. The van der Waals surface area contributed by atoms with E-state index < -0.39 is 0 Å². The van der Waals surface area contributed by atoms with Gasteiger partial charge in [0.2, 0.25) is 0 Å². The molecule has 0 aliphatic carbocycles. The molecular formula is C18H21ClN4O2S. The van der Waals surface area contributed by atoms with Crippen LogP contribution in [0.2, 0.25) is 5.02 Å². The summed E-state index contributed by atoms with van der Waals surface area (Å²) in [7, 11) is 0. The van der Waals surface area contributed by atoms with Crippen molar-refractivity contribution in [1.29, 1.82) is 0 Å². The third-order valence-electron chi connectivity index (χ3n) is 3.86. The smallest absolute Gasteiger partial charge is 0.300 e. The van der Waals surface area contributed by atoms with Crippen molar-refractivity contribution in [3.05, 3.63) is 46.0 Å². The molecule has 0 aliphatic heterocycles. The van der Waals surface area contributed by atoms with E-state index in [4.69, 9.17) is 16.3 Å². The third-order valence-corrected chi connectivity index (χ3v) is 5.14. The quantitative estimate of drug-likeness (QED) is 0.597. The second-order valence-corrected chi connectivity index (χ2v) is 7.48. The Bertz CT molecular complexity index is 987. The fourth-order valence-electron chi connectivity index (χ4n) is 2.53. The number of hydrogen-bond acceptors (Lipinski definition) is 4. The maximum atomic E-state index is 12.6. The zero-order valence-corrected chi connectivity index (χ0v) is 16.5. The molecular weight excluding hydrogens is 372 g/mol. The summed E-state index contributed by atoms with van der Waals surface area (Å²) in [6, 6.07) is 7.55. The Kier molecular flexibility index (Phi) is 5.90. The van der Waals surface area contributed by atoms with E-state index in [0.717, 1.165) is 10.2 Å². The first-order chi connectivity index (χ1) is 12.5. The van der Waals surface area contributed by atoms with Gasteiger partial charge in [0.1, 0.15) is 0 Å². The van der Waals surface area contributed by atoms with Crippen LogP contribution >= 0.6 is 22.9 Å². The molecule has 26 heavy (non-hydrogen) atoms. The van der Waals surface area contributed by atoms with Crippen LogP contribution in [0.5, 0.6) is 0 Å². The van der Waals surface area contributed by atoms with Gasteiger partial charge in [-0.05, 0) is 45.0 Å². The van der Waals surface area contributed by atoms with Gasteiger partial charge < -0.3 is 9.30 Å². The minimum absolute atomic E-state index is 0.194. The molecule has 1 amide bonds. The number of carbonyl (C=O) groups excluding carboxylic acids is 1. The molecule has 8 heteroatoms. The van der Waals surface area contributed by atoms with Crippen LogP contribution in [0.4, 0.5) is 0 Å². The van der Waals surface area contributed by atoms with Crippen LogP contribution in [-0.2, 0) is 11.3 Å². The number of ether oxygens (including phenoxy) is 1. The van der Waals surface area contributed by atoms with Gasteiger partial charge in [-0.15, -0.1) is 0 Å². The first-order valence-electron chi connectivity index (χ1n) is 8.50. The van der Waals surface area contributed by atoms with Gasteiger partial charge in [0.15, 0.2) is 10.5 Å². The van der Waals surface area contributed by atoms with Gasteiger partial charge in [-0.25, -0.2) is 0 Å². The highest BCUT2D eigenvalue weighted by molar-refractivity contribution is 7.16. The molecule has 138 valence electrons. The van der Waals surface area contributed by atoms with Crippen LogP contribution in [0.3, 0.4) is 0 Å². The minimum atomic E-state index is -0.354. The SMILES string of the molecule is CCOCCn1c(=NC(=O)c2ccn(C(C)C)n2)sc2cc(Cl)ccc21. The van der Waals surface area contributed by atoms with Crippen LogP contribution in [0.1, 0.15) is 37.3 Å². The highest BCUT2D eigenvalue weighted by atomic mass is 35.5. The Balaban J connectivity index is 2.02. The summed E-state index contributed by atoms with van der Waals surface area (Å²) in [6.45, 7) is 7.78. The zero-order valence-electron chi connectivity index (χ0n) is 15.0. The molecule has 0 spiro atoms. The summed E-state index contributed by atoms with van der Waals surface area (Å²) in [5.74, 6) is -0.354. The van der Waals surface area contributed by atoms with Crippen LogP contribution in [0.25, 0.3) is 10.2 Å². The topological polar surface area (TPSA) is 61.4 Å². The van der Waals surface area contributed by atoms with Gasteiger partial charge in [0.05, 0.1) is 16.8 Å². The average Bonchev–Trinajstić information content (AvgIpc) is 3.20. The van der Waals surface area contributed by atoms with Crippen LogP contribution < -0.4 is 4.80 Å². The molecule has 0 fully saturated rings. The fraction of sp³-hybridized carbons (Fsp3) is 0.389. The average molecular weight is 393 g/mol. The van der Waals surface area contributed by atoms with Crippen molar-refractivity contribution in [2.45, 2.75) is 33.4 Å². The van der Waals surface area contributed by atoms with Crippen molar-refractivity contribution >= 4 is 39.1 Å². The van der Waals surface area contributed by atoms with E-state index in [1.165, 1.54) is 11.3 Å². The Morgan fingerprint density at radius 3 is 2.88 bits per heavy atom. The van der Waals surface area contributed by atoms with Gasteiger partial charge in [-0.2, -0.15) is 10.1 Å². The fourth-order valence-corrected chi connectivity index (χ4v) is 3.86. The molecule has 2 heterocycles. The molecule has 0 bridgehead atoms. The number of hydrogen-bond donors (Lipinski definition) is 0. The third kappa shape index (κ3) is 4.06. The first-order valence-corrected chi connectivity index (χ1v) is 9.70. The first kappa shape index (κ1) is 18.8. The summed E-state index contributed by atoms with van der Waals surface area (Å²) < 4.78 is 10.2. The summed E-state index contributed by atoms with van der Waals surface area (Å²) >= 11 is 7.54. The van der Waals surface area contributed by atoms with Gasteiger partial charge in [-0.1, -0.05) is 22.9 Å². The van der Waals surface area contributed by atoms with Crippen molar-refractivity contribution in [2.24, 2.45) is 4.99 Å². The number of thiazole rings is 1. The van der Waals surface area contributed by atoms with Gasteiger partial charge >= 0.3 is 0 Å². The van der Waals surface area contributed by atoms with E-state index >= 15 is 0 Å². The minimum Gasteiger partial charge on any atom is -0.380 e. The summed E-state index contributed by atoms with van der Waals surface area (Å²) in [4.78, 5) is 17.5. The molecule has 0 radical (unpaired) electrons. The Hall–Kier alpha value is -1.96. The number of aromatic nitrogens is 3. The van der Waals surface area contributed by atoms with Crippen LogP contribution in [0, 0.1) is 0 Å². The number of halogens is 1. The molecule has 0 aliphatic rings. The maximum Gasteiger partial charge on any atom is 0.300 e. The van der Waals surface area contributed by atoms with Crippen molar-refractivity contribution in [2.75, 3.05) is 13.2 Å². The van der Waals surface area contributed by atoms with E-state index in [2.05, 4.69) is 10.1 Å². The predicted octanol–water partition coefficient (Wildman–Crippen LogP) is 3.91. The number of rotatable bonds is 6. The monoisotopic (exact) mass is 392 g/mol. The van der Waals surface area contributed by atoms with Crippen molar-refractivity contribution in [3.8, 4) is 0 Å². The zero-order chi connectivity index (χ0) is 18.7. The number of nitrogens with zero attached hydrogens (tertiary/aromatic N) is 4. The number of fused-ring (bicyclic) bond motifs is 1. The standard InChI is InChI=1S/C18H21ClN4O2S/c1-4-25-10-9-22-15-6-5-13(19)11-16(15)26-18(22)20-17(24)14-7-8-23(21-14)12(2)3/h5-8,11-12H,4,9-10H2,1-3H3. The van der Waals surface area contributed by atoms with Crippen molar-refractivity contribution in [3.63, 3.8) is 0 Å². The molecule has 2 aromatic heterocycles. The molecule has 0 saturated heterocycles. The van der Waals surface area contributed by atoms with E-state index in [0.29, 0.717) is 35.3 Å². The highest BCUT2D eigenvalue weighted by Crippen LogP contribution is 2.22. The van der Waals surface area contributed by atoms with E-state index in [9.17, 15) is 4.79 Å². The largest absolute Gasteiger partial charge is 0.380 e. The predicted molar refractivity (Wildman–Crippen MR) is 104 cm³/mol. The normalized spacial score (nSPS) is 12.4. The Morgan fingerprint density at radius 1 is 1.38 bits per heavy atom. The van der Waals surface area contributed by atoms with Crippen molar-refractivity contribution < 1.29 is 9.53 Å². The van der Waals surface area contributed by atoms with Gasteiger partial charge in [0.25, 0.3) is 5.91 Å². The lowest BCUT2D eigenvalue weighted by Crippen LogP contribution is -2.20. The molecule has 6 nitrogen and oxygen atoms in total. The van der Waals surface area contributed by atoms with Gasteiger partial charge in [0, 0.05) is 30.4 Å². The maximum absolute atomic E-state index is 12.6. The second kappa shape index (κ2) is 8.16. The number of amides is 1. The molecule has 1 aromatic carbocycles. The number of carbonyl (C=O) groups is 1. The molecule has 0 N–H and O–H groups in total. The Labute approximate surface area is 160 Å². The second-order valence-electron chi connectivity index (χ2n) is 6.04. The lowest BCUT2D eigenvalue weighted by atomic mass is 10.3. The molecule has 3 aromatic rings. The summed E-state index contributed by atoms with van der Waals surface area (Å²) in [6.07, 6.45) is 1.79. The highest BCUT2D eigenvalue weighted by Gasteiger charge is 2.12. The molecule has 0 atom stereocenters. The lowest BCUT2D eigenvalue weighted by Gasteiger charge is -2.05.